The molecule has 4 heterocycles. The molecule has 2 bridgehead atoms. The van der Waals surface area contributed by atoms with Gasteiger partial charge < -0.3 is 24.6 Å². The van der Waals surface area contributed by atoms with Gasteiger partial charge in [-0.25, -0.2) is 9.97 Å². The SMILES string of the molecule is Cc1cnc(Oc2cc3c4c(c2)c(C(C)O)cn4CC(=O)N2[C@H](C(=O)NBr)C[C@@]4(CNC(=O)C(C)(C)CCCCC3)C[C@@H]24)nc1. The fourth-order valence-electron chi connectivity index (χ4n) is 7.20. The summed E-state index contributed by atoms with van der Waals surface area (Å²) in [5.74, 6) is 0.0978. The van der Waals surface area contributed by atoms with Crippen molar-refractivity contribution in [1.29, 1.82) is 0 Å². The molecule has 1 aromatic carbocycles. The first-order chi connectivity index (χ1) is 21.4. The molecule has 3 amide bonds. The minimum absolute atomic E-state index is 0.00424. The fraction of sp³-hybridized carbons (Fsp3) is 0.545. The molecule has 0 radical (unpaired) electrons. The normalized spacial score (nSPS) is 25.7. The number of aryl methyl sites for hydroxylation is 2. The van der Waals surface area contributed by atoms with E-state index in [0.29, 0.717) is 30.7 Å². The monoisotopic (exact) mass is 680 g/mol. The van der Waals surface area contributed by atoms with Gasteiger partial charge in [0.15, 0.2) is 0 Å². The van der Waals surface area contributed by atoms with Crippen LogP contribution in [-0.4, -0.2) is 60.9 Å². The van der Waals surface area contributed by atoms with Gasteiger partial charge in [-0.3, -0.25) is 18.7 Å². The maximum atomic E-state index is 14.1. The smallest absolute Gasteiger partial charge is 0.321 e. The van der Waals surface area contributed by atoms with Crippen molar-refractivity contribution in [3.8, 4) is 11.8 Å². The van der Waals surface area contributed by atoms with E-state index < -0.39 is 17.6 Å². The number of aromatic nitrogens is 3. The van der Waals surface area contributed by atoms with Gasteiger partial charge >= 0.3 is 6.01 Å². The van der Waals surface area contributed by atoms with E-state index in [-0.39, 0.29) is 41.7 Å². The highest BCUT2D eigenvalue weighted by Crippen LogP contribution is 2.59. The van der Waals surface area contributed by atoms with Gasteiger partial charge in [0.25, 0.3) is 5.91 Å². The molecule has 11 nitrogen and oxygen atoms in total. The Bertz CT molecular complexity index is 1640. The van der Waals surface area contributed by atoms with Crippen molar-refractivity contribution in [3.63, 3.8) is 0 Å². The van der Waals surface area contributed by atoms with E-state index in [2.05, 4.69) is 35.8 Å². The number of benzene rings is 1. The van der Waals surface area contributed by atoms with Crippen LogP contribution in [0.15, 0.2) is 30.7 Å². The Hall–Kier alpha value is -3.51. The van der Waals surface area contributed by atoms with Crippen LogP contribution in [0, 0.1) is 17.8 Å². The largest absolute Gasteiger partial charge is 0.424 e. The van der Waals surface area contributed by atoms with Crippen LogP contribution in [-0.2, 0) is 27.3 Å². The minimum Gasteiger partial charge on any atom is -0.424 e. The molecular formula is C33H41BrN6O5. The molecule has 1 saturated heterocycles. The molecule has 4 atom stereocenters. The molecule has 2 fully saturated rings. The van der Waals surface area contributed by atoms with Crippen LogP contribution in [0.3, 0.4) is 0 Å². The number of ether oxygens (including phenoxy) is 1. The van der Waals surface area contributed by atoms with Crippen LogP contribution in [0.1, 0.15) is 82.1 Å². The number of nitrogens with zero attached hydrogens (tertiary/aromatic N) is 4. The molecule has 2 aliphatic heterocycles. The molecule has 45 heavy (non-hydrogen) atoms. The van der Waals surface area contributed by atoms with Gasteiger partial charge in [-0.2, -0.15) is 0 Å². The van der Waals surface area contributed by atoms with Crippen LogP contribution >= 0.6 is 16.1 Å². The van der Waals surface area contributed by atoms with Gasteiger partial charge in [-0.05, 0) is 69.2 Å². The van der Waals surface area contributed by atoms with Gasteiger partial charge in [0.1, 0.15) is 18.3 Å². The summed E-state index contributed by atoms with van der Waals surface area (Å²) in [5, 5.41) is 14.8. The molecular weight excluding hydrogens is 640 g/mol. The van der Waals surface area contributed by atoms with Crippen LogP contribution in [0.4, 0.5) is 0 Å². The average molecular weight is 682 g/mol. The minimum atomic E-state index is -0.791. The molecule has 240 valence electrons. The van der Waals surface area contributed by atoms with Crippen molar-refractivity contribution < 1.29 is 24.2 Å². The summed E-state index contributed by atoms with van der Waals surface area (Å²) in [6, 6.07) is 3.28. The maximum absolute atomic E-state index is 14.1. The number of nitrogens with one attached hydrogen (secondary N) is 2. The topological polar surface area (TPSA) is 139 Å². The highest BCUT2D eigenvalue weighted by atomic mass is 79.9. The van der Waals surface area contributed by atoms with Crippen LogP contribution < -0.4 is 14.4 Å². The Labute approximate surface area is 271 Å². The Kier molecular flexibility index (Phi) is 8.40. The molecule has 3 aliphatic rings. The number of aliphatic hydroxyl groups is 1. The number of carbonyl (C=O) groups is 3. The van der Waals surface area contributed by atoms with Crippen molar-refractivity contribution in [2.75, 3.05) is 6.54 Å². The third kappa shape index (κ3) is 6.06. The molecule has 1 unspecified atom stereocenters. The van der Waals surface area contributed by atoms with Gasteiger partial charge in [0, 0.05) is 69.1 Å². The average Bonchev–Trinajstić information content (AvgIpc) is 3.41. The lowest BCUT2D eigenvalue weighted by molar-refractivity contribution is -0.139. The molecule has 3 N–H and O–H groups in total. The van der Waals surface area contributed by atoms with Crippen molar-refractivity contribution in [3.05, 3.63) is 47.4 Å². The zero-order chi connectivity index (χ0) is 32.1. The lowest BCUT2D eigenvalue weighted by atomic mass is 9.85. The predicted octanol–water partition coefficient (Wildman–Crippen LogP) is 4.63. The first kappa shape index (κ1) is 31.5. The highest BCUT2D eigenvalue weighted by Gasteiger charge is 2.67. The summed E-state index contributed by atoms with van der Waals surface area (Å²) in [4.78, 5) is 50.7. The van der Waals surface area contributed by atoms with E-state index >= 15 is 0 Å². The van der Waals surface area contributed by atoms with E-state index in [1.165, 1.54) is 0 Å². The quantitative estimate of drug-likeness (QED) is 0.342. The summed E-state index contributed by atoms with van der Waals surface area (Å²) >= 11 is 3.08. The summed E-state index contributed by atoms with van der Waals surface area (Å²) in [6.07, 6.45) is 9.81. The zero-order valence-electron chi connectivity index (χ0n) is 26.2. The standard InChI is InChI=1S/C33H41BrN6O5/c1-19-14-35-31(36-15-19)45-22-10-21-8-6-5-7-9-32(3,4)30(44)37-18-33-12-25(29(43)38-34)40(26(33)13-33)27(42)17-39-16-24(20(2)41)23(11-22)28(21)39/h10-11,14-16,20,25-26,41H,5-9,12-13,17-18H2,1-4H3,(H,37,44)(H,38,43)/t20?,25-,26+,33-/m0/s1. The number of carbonyl (C=O) groups excluding carboxylic acids is 3. The fourth-order valence-corrected chi connectivity index (χ4v) is 7.46. The van der Waals surface area contributed by atoms with Gasteiger partial charge in [-0.15, -0.1) is 0 Å². The van der Waals surface area contributed by atoms with E-state index in [4.69, 9.17) is 4.74 Å². The van der Waals surface area contributed by atoms with Crippen molar-refractivity contribution in [2.24, 2.45) is 10.8 Å². The van der Waals surface area contributed by atoms with E-state index in [0.717, 1.165) is 54.1 Å². The highest BCUT2D eigenvalue weighted by molar-refractivity contribution is 9.08. The Balaban J connectivity index is 1.42. The molecule has 1 aliphatic carbocycles. The number of hydrogen-bond donors (Lipinski definition) is 3. The maximum Gasteiger partial charge on any atom is 0.321 e. The van der Waals surface area contributed by atoms with Gasteiger partial charge in [-0.1, -0.05) is 26.7 Å². The van der Waals surface area contributed by atoms with Crippen LogP contribution in [0.25, 0.3) is 10.9 Å². The van der Waals surface area contributed by atoms with Crippen molar-refractivity contribution in [2.45, 2.75) is 97.4 Å². The third-order valence-electron chi connectivity index (χ3n) is 9.84. The predicted molar refractivity (Wildman–Crippen MR) is 172 cm³/mol. The van der Waals surface area contributed by atoms with E-state index in [1.807, 2.05) is 43.7 Å². The van der Waals surface area contributed by atoms with Crippen LogP contribution in [0.2, 0.25) is 0 Å². The molecule has 3 aromatic rings. The number of halogens is 1. The van der Waals surface area contributed by atoms with Crippen molar-refractivity contribution >= 4 is 44.8 Å². The second-order valence-corrected chi connectivity index (χ2v) is 14.1. The first-order valence-corrected chi connectivity index (χ1v) is 16.5. The second-order valence-electron chi connectivity index (χ2n) is 13.7. The number of aliphatic hydroxyl groups excluding tert-OH is 1. The number of piperidine rings is 1. The van der Waals surface area contributed by atoms with Crippen LogP contribution in [0.5, 0.6) is 11.8 Å². The summed E-state index contributed by atoms with van der Waals surface area (Å²) < 4.78 is 10.6. The second kappa shape index (κ2) is 12.0. The molecule has 2 aromatic heterocycles. The molecule has 6 rings (SSSR count). The van der Waals surface area contributed by atoms with Gasteiger partial charge in [0.05, 0.1) is 11.6 Å². The molecule has 12 heteroatoms. The van der Waals surface area contributed by atoms with E-state index in [1.54, 1.807) is 24.2 Å². The van der Waals surface area contributed by atoms with Crippen molar-refractivity contribution in [1.82, 2.24) is 29.1 Å². The summed E-state index contributed by atoms with van der Waals surface area (Å²) in [7, 11) is 0. The summed E-state index contributed by atoms with van der Waals surface area (Å²) in [5.41, 5.74) is 2.59. The van der Waals surface area contributed by atoms with E-state index in [9.17, 15) is 19.5 Å². The Morgan fingerprint density at radius 3 is 2.64 bits per heavy atom. The summed E-state index contributed by atoms with van der Waals surface area (Å²) in [6.45, 7) is 8.02. The zero-order valence-corrected chi connectivity index (χ0v) is 27.8. The molecule has 1 saturated carbocycles. The lowest BCUT2D eigenvalue weighted by Gasteiger charge is -2.26. The lowest BCUT2D eigenvalue weighted by Crippen LogP contribution is -2.47. The third-order valence-corrected chi connectivity index (χ3v) is 10.2. The number of amides is 3. The first-order valence-electron chi connectivity index (χ1n) is 15.7. The Morgan fingerprint density at radius 2 is 1.93 bits per heavy atom. The number of rotatable bonds is 4. The Morgan fingerprint density at radius 1 is 1.18 bits per heavy atom. The number of hydrogen-bond acceptors (Lipinski definition) is 7. The molecule has 0 spiro atoms. The van der Waals surface area contributed by atoms with Gasteiger partial charge in [0.2, 0.25) is 11.8 Å².